The second-order valence-electron chi connectivity index (χ2n) is 6.55. The van der Waals surface area contributed by atoms with Gasteiger partial charge in [0, 0.05) is 31.6 Å². The van der Waals surface area contributed by atoms with Gasteiger partial charge in [0.2, 0.25) is 11.8 Å². The fraction of sp³-hybridized carbons (Fsp3) is 0.273. The first-order chi connectivity index (χ1) is 12.7. The topological polar surface area (TPSA) is 49.4 Å². The van der Waals surface area contributed by atoms with Crippen LogP contribution in [0.15, 0.2) is 66.7 Å². The molecule has 4 heteroatoms. The molecule has 1 fully saturated rings. The predicted molar refractivity (Wildman–Crippen MR) is 103 cm³/mol. The lowest BCUT2D eigenvalue weighted by Gasteiger charge is -2.30. The standard InChI is InChI=1S/C22H24N2O2/c25-21(12-11-18-7-3-1-4-8-18)24-15-13-20(14-16-24)22(26)23-17-19-9-5-2-6-10-19/h1-12,20H,13-17H2,(H,23,26)/b12-11+. The molecule has 0 bridgehead atoms. The van der Waals surface area contributed by atoms with Gasteiger partial charge in [0.1, 0.15) is 0 Å². The van der Waals surface area contributed by atoms with Gasteiger partial charge in [0.25, 0.3) is 0 Å². The first kappa shape index (κ1) is 17.9. The van der Waals surface area contributed by atoms with Crippen molar-refractivity contribution < 1.29 is 9.59 Å². The van der Waals surface area contributed by atoms with Crippen LogP contribution in [0.2, 0.25) is 0 Å². The lowest BCUT2D eigenvalue weighted by molar-refractivity contribution is -0.132. The van der Waals surface area contributed by atoms with Crippen LogP contribution in [0.3, 0.4) is 0 Å². The number of likely N-dealkylation sites (tertiary alicyclic amines) is 1. The maximum Gasteiger partial charge on any atom is 0.246 e. The molecule has 1 aliphatic rings. The molecule has 0 saturated carbocycles. The fourth-order valence-corrected chi connectivity index (χ4v) is 3.13. The largest absolute Gasteiger partial charge is 0.352 e. The molecule has 134 valence electrons. The van der Waals surface area contributed by atoms with Crippen LogP contribution in [0, 0.1) is 5.92 Å². The summed E-state index contributed by atoms with van der Waals surface area (Å²) in [4.78, 5) is 26.4. The Labute approximate surface area is 154 Å². The van der Waals surface area contributed by atoms with E-state index in [0.717, 1.165) is 11.1 Å². The highest BCUT2D eigenvalue weighted by Gasteiger charge is 2.26. The smallest absolute Gasteiger partial charge is 0.246 e. The van der Waals surface area contributed by atoms with Crippen LogP contribution in [-0.4, -0.2) is 29.8 Å². The quantitative estimate of drug-likeness (QED) is 0.843. The molecule has 0 aliphatic carbocycles. The number of piperidine rings is 1. The monoisotopic (exact) mass is 348 g/mol. The lowest BCUT2D eigenvalue weighted by Crippen LogP contribution is -2.42. The van der Waals surface area contributed by atoms with Crippen molar-refractivity contribution in [2.24, 2.45) is 5.92 Å². The summed E-state index contributed by atoms with van der Waals surface area (Å²) < 4.78 is 0. The Morgan fingerprint density at radius 3 is 2.23 bits per heavy atom. The van der Waals surface area contributed by atoms with Gasteiger partial charge in [-0.05, 0) is 30.0 Å². The first-order valence-corrected chi connectivity index (χ1v) is 9.06. The molecule has 2 amide bonds. The second-order valence-corrected chi connectivity index (χ2v) is 6.55. The van der Waals surface area contributed by atoms with Crippen LogP contribution < -0.4 is 5.32 Å². The molecular weight excluding hydrogens is 324 g/mol. The number of rotatable bonds is 5. The number of amides is 2. The molecule has 0 atom stereocenters. The van der Waals surface area contributed by atoms with Crippen molar-refractivity contribution >= 4 is 17.9 Å². The van der Waals surface area contributed by atoms with E-state index in [2.05, 4.69) is 5.32 Å². The van der Waals surface area contributed by atoms with E-state index in [9.17, 15) is 9.59 Å². The Morgan fingerprint density at radius 2 is 1.58 bits per heavy atom. The highest BCUT2D eigenvalue weighted by molar-refractivity contribution is 5.92. The van der Waals surface area contributed by atoms with E-state index in [1.54, 1.807) is 6.08 Å². The molecule has 0 unspecified atom stereocenters. The van der Waals surface area contributed by atoms with Crippen molar-refractivity contribution in [1.29, 1.82) is 0 Å². The van der Waals surface area contributed by atoms with Crippen LogP contribution in [0.25, 0.3) is 6.08 Å². The number of hydrogen-bond donors (Lipinski definition) is 1. The number of nitrogens with zero attached hydrogens (tertiary/aromatic N) is 1. The van der Waals surface area contributed by atoms with Gasteiger partial charge in [-0.2, -0.15) is 0 Å². The van der Waals surface area contributed by atoms with Crippen molar-refractivity contribution in [1.82, 2.24) is 10.2 Å². The molecule has 1 heterocycles. The van der Waals surface area contributed by atoms with Crippen molar-refractivity contribution in [3.8, 4) is 0 Å². The van der Waals surface area contributed by atoms with E-state index in [4.69, 9.17) is 0 Å². The van der Waals surface area contributed by atoms with Gasteiger partial charge in [-0.25, -0.2) is 0 Å². The number of carbonyl (C=O) groups excluding carboxylic acids is 2. The molecule has 1 saturated heterocycles. The molecule has 2 aromatic rings. The van der Waals surface area contributed by atoms with E-state index in [1.807, 2.05) is 71.6 Å². The molecule has 0 aromatic heterocycles. The normalized spacial score (nSPS) is 15.2. The summed E-state index contributed by atoms with van der Waals surface area (Å²) in [5.74, 6) is 0.0821. The predicted octanol–water partition coefficient (Wildman–Crippen LogP) is 3.25. The average Bonchev–Trinajstić information content (AvgIpc) is 2.72. The average molecular weight is 348 g/mol. The van der Waals surface area contributed by atoms with Gasteiger partial charge in [-0.3, -0.25) is 9.59 Å². The summed E-state index contributed by atoms with van der Waals surface area (Å²) in [6.07, 6.45) is 4.88. The number of nitrogens with one attached hydrogen (secondary N) is 1. The number of hydrogen-bond acceptors (Lipinski definition) is 2. The molecular formula is C22H24N2O2. The third kappa shape index (κ3) is 5.06. The van der Waals surface area contributed by atoms with Crippen LogP contribution in [-0.2, 0) is 16.1 Å². The Kier molecular flexibility index (Phi) is 6.20. The maximum absolute atomic E-state index is 12.3. The van der Waals surface area contributed by atoms with Gasteiger partial charge in [-0.15, -0.1) is 0 Å². The summed E-state index contributed by atoms with van der Waals surface area (Å²) in [5, 5.41) is 3.00. The Morgan fingerprint density at radius 1 is 0.962 bits per heavy atom. The molecule has 1 N–H and O–H groups in total. The van der Waals surface area contributed by atoms with Crippen LogP contribution in [0.1, 0.15) is 24.0 Å². The third-order valence-electron chi connectivity index (χ3n) is 4.70. The van der Waals surface area contributed by atoms with Gasteiger partial charge < -0.3 is 10.2 Å². The minimum absolute atomic E-state index is 0.0111. The number of benzene rings is 2. The molecule has 1 aliphatic heterocycles. The van der Waals surface area contributed by atoms with E-state index in [0.29, 0.717) is 32.5 Å². The minimum Gasteiger partial charge on any atom is -0.352 e. The SMILES string of the molecule is O=C(NCc1ccccc1)C1CCN(C(=O)/C=C/c2ccccc2)CC1. The summed E-state index contributed by atoms with van der Waals surface area (Å²) in [7, 11) is 0. The van der Waals surface area contributed by atoms with Crippen molar-refractivity contribution in [3.05, 3.63) is 77.9 Å². The Hall–Kier alpha value is -2.88. The maximum atomic E-state index is 12.3. The first-order valence-electron chi connectivity index (χ1n) is 9.06. The van der Waals surface area contributed by atoms with Crippen LogP contribution >= 0.6 is 0 Å². The van der Waals surface area contributed by atoms with Crippen LogP contribution in [0.4, 0.5) is 0 Å². The van der Waals surface area contributed by atoms with Gasteiger partial charge in [-0.1, -0.05) is 60.7 Å². The minimum atomic E-state index is -0.0131. The molecule has 26 heavy (non-hydrogen) atoms. The number of carbonyl (C=O) groups is 2. The molecule has 3 rings (SSSR count). The van der Waals surface area contributed by atoms with Crippen LogP contribution in [0.5, 0.6) is 0 Å². The highest BCUT2D eigenvalue weighted by Crippen LogP contribution is 2.18. The third-order valence-corrected chi connectivity index (χ3v) is 4.70. The summed E-state index contributed by atoms with van der Waals surface area (Å²) in [6.45, 7) is 1.81. The molecule has 4 nitrogen and oxygen atoms in total. The summed E-state index contributed by atoms with van der Waals surface area (Å²) in [5.41, 5.74) is 2.11. The zero-order valence-electron chi connectivity index (χ0n) is 14.8. The molecule has 2 aromatic carbocycles. The zero-order chi connectivity index (χ0) is 18.2. The van der Waals surface area contributed by atoms with E-state index in [-0.39, 0.29) is 17.7 Å². The summed E-state index contributed by atoms with van der Waals surface area (Å²) in [6, 6.07) is 19.7. The van der Waals surface area contributed by atoms with Crippen molar-refractivity contribution in [2.75, 3.05) is 13.1 Å². The van der Waals surface area contributed by atoms with Gasteiger partial charge in [0.05, 0.1) is 0 Å². The molecule has 0 radical (unpaired) electrons. The zero-order valence-corrected chi connectivity index (χ0v) is 14.8. The lowest BCUT2D eigenvalue weighted by atomic mass is 9.95. The fourth-order valence-electron chi connectivity index (χ4n) is 3.13. The van der Waals surface area contributed by atoms with Gasteiger partial charge >= 0.3 is 0 Å². The highest BCUT2D eigenvalue weighted by atomic mass is 16.2. The van der Waals surface area contributed by atoms with E-state index in [1.165, 1.54) is 0 Å². The van der Waals surface area contributed by atoms with E-state index < -0.39 is 0 Å². The van der Waals surface area contributed by atoms with E-state index >= 15 is 0 Å². The van der Waals surface area contributed by atoms with Crippen molar-refractivity contribution in [2.45, 2.75) is 19.4 Å². The summed E-state index contributed by atoms with van der Waals surface area (Å²) >= 11 is 0. The second kappa shape index (κ2) is 8.99. The van der Waals surface area contributed by atoms with Gasteiger partial charge in [0.15, 0.2) is 0 Å². The Balaban J connectivity index is 1.44. The van der Waals surface area contributed by atoms with Crippen molar-refractivity contribution in [3.63, 3.8) is 0 Å². The molecule has 0 spiro atoms. The Bertz CT molecular complexity index is 748.